The largest absolute Gasteiger partial charge is 0.355 e. The molecule has 2 rings (SSSR count). The lowest BCUT2D eigenvalue weighted by Gasteiger charge is -2.20. The lowest BCUT2D eigenvalue weighted by Crippen LogP contribution is -2.24. The van der Waals surface area contributed by atoms with Gasteiger partial charge in [0.15, 0.2) is 0 Å². The lowest BCUT2D eigenvalue weighted by molar-refractivity contribution is 0.582. The Morgan fingerprint density at radius 3 is 2.80 bits per heavy atom. The van der Waals surface area contributed by atoms with Crippen LogP contribution in [0, 0.1) is 0 Å². The average Bonchev–Trinajstić information content (AvgIpc) is 2.44. The molecule has 106 valence electrons. The second-order valence-corrected chi connectivity index (χ2v) is 5.36. The standard InChI is InChI=1S/C17H23N3/c1-5-10-20(4)17-16-9-7-6-8-14(16)11-15(19-17)12-18-13(2)3/h5-9,11,13,18H,1,10,12H2,2-4H3. The van der Waals surface area contributed by atoms with Crippen LogP contribution in [0.3, 0.4) is 0 Å². The normalized spacial score (nSPS) is 11.0. The van der Waals surface area contributed by atoms with Crippen LogP contribution in [0.2, 0.25) is 0 Å². The molecule has 0 unspecified atom stereocenters. The number of hydrogen-bond acceptors (Lipinski definition) is 3. The third-order valence-electron chi connectivity index (χ3n) is 3.23. The van der Waals surface area contributed by atoms with Gasteiger partial charge >= 0.3 is 0 Å². The van der Waals surface area contributed by atoms with E-state index in [1.807, 2.05) is 6.08 Å². The molecule has 0 aliphatic carbocycles. The lowest BCUT2D eigenvalue weighted by atomic mass is 10.1. The highest BCUT2D eigenvalue weighted by Crippen LogP contribution is 2.25. The van der Waals surface area contributed by atoms with E-state index >= 15 is 0 Å². The fourth-order valence-electron chi connectivity index (χ4n) is 2.20. The summed E-state index contributed by atoms with van der Waals surface area (Å²) < 4.78 is 0. The summed E-state index contributed by atoms with van der Waals surface area (Å²) in [7, 11) is 2.05. The van der Waals surface area contributed by atoms with E-state index in [1.165, 1.54) is 10.8 Å². The Kier molecular flexibility index (Phi) is 4.74. The van der Waals surface area contributed by atoms with Crippen LogP contribution in [0.5, 0.6) is 0 Å². The first-order valence-electron chi connectivity index (χ1n) is 7.06. The van der Waals surface area contributed by atoms with E-state index in [9.17, 15) is 0 Å². The number of likely N-dealkylation sites (N-methyl/N-ethyl adjacent to an activating group) is 1. The van der Waals surface area contributed by atoms with E-state index in [-0.39, 0.29) is 0 Å². The van der Waals surface area contributed by atoms with E-state index < -0.39 is 0 Å². The first kappa shape index (κ1) is 14.5. The Morgan fingerprint density at radius 2 is 2.10 bits per heavy atom. The van der Waals surface area contributed by atoms with Gasteiger partial charge in [-0.25, -0.2) is 4.98 Å². The Balaban J connectivity index is 2.43. The summed E-state index contributed by atoms with van der Waals surface area (Å²) in [4.78, 5) is 6.94. The fraction of sp³-hybridized carbons (Fsp3) is 0.353. The van der Waals surface area contributed by atoms with Gasteiger partial charge in [-0.05, 0) is 11.5 Å². The van der Waals surface area contributed by atoms with Crippen molar-refractivity contribution in [1.82, 2.24) is 10.3 Å². The van der Waals surface area contributed by atoms with Gasteiger partial charge in [0, 0.05) is 31.6 Å². The highest BCUT2D eigenvalue weighted by atomic mass is 15.2. The van der Waals surface area contributed by atoms with Crippen molar-refractivity contribution in [1.29, 1.82) is 0 Å². The van der Waals surface area contributed by atoms with Crippen LogP contribution in [0.15, 0.2) is 43.0 Å². The molecule has 20 heavy (non-hydrogen) atoms. The molecule has 2 aromatic rings. The quantitative estimate of drug-likeness (QED) is 0.815. The Hall–Kier alpha value is -1.87. The van der Waals surface area contributed by atoms with E-state index in [0.717, 1.165) is 24.6 Å². The number of rotatable bonds is 6. The van der Waals surface area contributed by atoms with E-state index in [4.69, 9.17) is 4.98 Å². The molecule has 0 aliphatic rings. The molecular weight excluding hydrogens is 246 g/mol. The van der Waals surface area contributed by atoms with Crippen molar-refractivity contribution < 1.29 is 0 Å². The van der Waals surface area contributed by atoms with Crippen molar-refractivity contribution in [2.45, 2.75) is 26.4 Å². The zero-order valence-corrected chi connectivity index (χ0v) is 12.6. The number of fused-ring (bicyclic) bond motifs is 1. The van der Waals surface area contributed by atoms with Crippen LogP contribution in [-0.2, 0) is 6.54 Å². The minimum absolute atomic E-state index is 0.456. The van der Waals surface area contributed by atoms with Crippen molar-refractivity contribution in [3.8, 4) is 0 Å². The molecule has 0 radical (unpaired) electrons. The van der Waals surface area contributed by atoms with Crippen molar-refractivity contribution >= 4 is 16.6 Å². The Bertz CT molecular complexity index is 590. The third kappa shape index (κ3) is 3.36. The van der Waals surface area contributed by atoms with Gasteiger partial charge in [0.25, 0.3) is 0 Å². The maximum Gasteiger partial charge on any atom is 0.136 e. The van der Waals surface area contributed by atoms with E-state index in [1.54, 1.807) is 0 Å². The number of anilines is 1. The number of aromatic nitrogens is 1. The van der Waals surface area contributed by atoms with E-state index in [2.05, 4.69) is 68.0 Å². The van der Waals surface area contributed by atoms with Gasteiger partial charge < -0.3 is 10.2 Å². The van der Waals surface area contributed by atoms with Gasteiger partial charge in [0.1, 0.15) is 5.82 Å². The molecule has 0 amide bonds. The number of nitrogens with one attached hydrogen (secondary N) is 1. The van der Waals surface area contributed by atoms with Crippen molar-refractivity contribution in [3.63, 3.8) is 0 Å². The maximum atomic E-state index is 4.81. The molecule has 0 atom stereocenters. The molecule has 3 heteroatoms. The first-order valence-corrected chi connectivity index (χ1v) is 7.06. The molecule has 0 spiro atoms. The summed E-state index contributed by atoms with van der Waals surface area (Å²) >= 11 is 0. The van der Waals surface area contributed by atoms with Crippen LogP contribution in [-0.4, -0.2) is 24.6 Å². The molecule has 0 aliphatic heterocycles. The predicted molar refractivity (Wildman–Crippen MR) is 87.2 cm³/mol. The topological polar surface area (TPSA) is 28.2 Å². The molecule has 1 heterocycles. The fourth-order valence-corrected chi connectivity index (χ4v) is 2.20. The summed E-state index contributed by atoms with van der Waals surface area (Å²) in [5.41, 5.74) is 1.07. The third-order valence-corrected chi connectivity index (χ3v) is 3.23. The van der Waals surface area contributed by atoms with Crippen LogP contribution >= 0.6 is 0 Å². The van der Waals surface area contributed by atoms with Gasteiger partial charge in [-0.1, -0.05) is 44.2 Å². The monoisotopic (exact) mass is 269 g/mol. The van der Waals surface area contributed by atoms with Crippen LogP contribution in [0.4, 0.5) is 5.82 Å². The van der Waals surface area contributed by atoms with Crippen molar-refractivity contribution in [2.75, 3.05) is 18.5 Å². The van der Waals surface area contributed by atoms with Crippen molar-refractivity contribution in [3.05, 3.63) is 48.7 Å². The summed E-state index contributed by atoms with van der Waals surface area (Å²) in [6, 6.07) is 11.0. The van der Waals surface area contributed by atoms with E-state index in [0.29, 0.717) is 6.04 Å². The molecule has 0 bridgehead atoms. The van der Waals surface area contributed by atoms with Gasteiger partial charge in [-0.3, -0.25) is 0 Å². The van der Waals surface area contributed by atoms with Crippen LogP contribution in [0.1, 0.15) is 19.5 Å². The number of nitrogens with zero attached hydrogens (tertiary/aromatic N) is 2. The summed E-state index contributed by atoms with van der Waals surface area (Å²) in [5, 5.41) is 5.84. The van der Waals surface area contributed by atoms with Crippen molar-refractivity contribution in [2.24, 2.45) is 0 Å². The minimum Gasteiger partial charge on any atom is -0.355 e. The van der Waals surface area contributed by atoms with Gasteiger partial charge in [0.2, 0.25) is 0 Å². The van der Waals surface area contributed by atoms with Crippen LogP contribution < -0.4 is 10.2 Å². The first-order chi connectivity index (χ1) is 9.61. The maximum absolute atomic E-state index is 4.81. The number of pyridine rings is 1. The Labute approximate surface area is 121 Å². The predicted octanol–water partition coefficient (Wildman–Crippen LogP) is 3.36. The molecule has 0 fully saturated rings. The summed E-state index contributed by atoms with van der Waals surface area (Å²) in [6.07, 6.45) is 1.90. The molecular formula is C17H23N3. The zero-order chi connectivity index (χ0) is 14.5. The zero-order valence-electron chi connectivity index (χ0n) is 12.6. The highest BCUT2D eigenvalue weighted by Gasteiger charge is 2.09. The van der Waals surface area contributed by atoms with Gasteiger partial charge in [-0.15, -0.1) is 6.58 Å². The molecule has 0 saturated carbocycles. The number of benzene rings is 1. The summed E-state index contributed by atoms with van der Waals surface area (Å²) in [6.45, 7) is 9.67. The SMILES string of the molecule is C=CCN(C)c1nc(CNC(C)C)cc2ccccc12. The molecule has 1 N–H and O–H groups in total. The minimum atomic E-state index is 0.456. The average molecular weight is 269 g/mol. The summed E-state index contributed by atoms with van der Waals surface area (Å²) in [5.74, 6) is 1.02. The smallest absolute Gasteiger partial charge is 0.136 e. The second kappa shape index (κ2) is 6.53. The van der Waals surface area contributed by atoms with Crippen LogP contribution in [0.25, 0.3) is 10.8 Å². The second-order valence-electron chi connectivity index (χ2n) is 5.36. The Morgan fingerprint density at radius 1 is 1.35 bits per heavy atom. The number of hydrogen-bond donors (Lipinski definition) is 1. The highest BCUT2D eigenvalue weighted by molar-refractivity contribution is 5.92. The molecule has 1 aromatic heterocycles. The molecule has 1 aromatic carbocycles. The molecule has 0 saturated heterocycles. The van der Waals surface area contributed by atoms with Gasteiger partial charge in [0.05, 0.1) is 5.69 Å². The molecule has 3 nitrogen and oxygen atoms in total. The van der Waals surface area contributed by atoms with Gasteiger partial charge in [-0.2, -0.15) is 0 Å².